The van der Waals surface area contributed by atoms with E-state index in [1.807, 2.05) is 30.3 Å². The largest absolute Gasteiger partial charge is 0.358 e. The monoisotopic (exact) mass is 169 g/mol. The number of rotatable bonds is 0. The summed E-state index contributed by atoms with van der Waals surface area (Å²) in [4.78, 5) is 14.7. The maximum Gasteiger partial charge on any atom is 0.210 e. The van der Waals surface area contributed by atoms with Crippen LogP contribution in [0.25, 0.3) is 11.1 Å². The number of aromatic nitrogens is 1. The molecule has 0 atom stereocenters. The molecule has 1 aliphatic carbocycles. The normalized spacial score (nSPS) is 12.8. The number of carbonyl (C=O) groups excluding carboxylic acids is 1. The molecule has 1 N–H and O–H groups in total. The Labute approximate surface area is 75.2 Å². The Morgan fingerprint density at radius 1 is 0.923 bits per heavy atom. The third-order valence-corrected chi connectivity index (χ3v) is 2.44. The van der Waals surface area contributed by atoms with Gasteiger partial charge in [0, 0.05) is 17.3 Å². The Morgan fingerprint density at radius 3 is 2.54 bits per heavy atom. The Kier molecular flexibility index (Phi) is 1.08. The zero-order valence-electron chi connectivity index (χ0n) is 6.87. The third-order valence-electron chi connectivity index (χ3n) is 2.44. The van der Waals surface area contributed by atoms with Gasteiger partial charge >= 0.3 is 0 Å². The van der Waals surface area contributed by atoms with Crippen LogP contribution in [0.2, 0.25) is 0 Å². The Morgan fingerprint density at radius 2 is 1.69 bits per heavy atom. The molecule has 0 amide bonds. The van der Waals surface area contributed by atoms with Gasteiger partial charge in [-0.25, -0.2) is 0 Å². The summed E-state index contributed by atoms with van der Waals surface area (Å²) in [5, 5.41) is 0. The maximum atomic E-state index is 11.7. The first kappa shape index (κ1) is 6.66. The van der Waals surface area contributed by atoms with Crippen LogP contribution in [0.15, 0.2) is 36.5 Å². The van der Waals surface area contributed by atoms with Crippen LogP contribution in [0.5, 0.6) is 0 Å². The van der Waals surface area contributed by atoms with Crippen molar-refractivity contribution in [2.75, 3.05) is 0 Å². The molecule has 0 aliphatic heterocycles. The van der Waals surface area contributed by atoms with E-state index in [9.17, 15) is 4.79 Å². The molecular weight excluding hydrogens is 162 g/mol. The minimum Gasteiger partial charge on any atom is -0.358 e. The lowest BCUT2D eigenvalue weighted by Crippen LogP contribution is -1.95. The molecule has 2 nitrogen and oxygen atoms in total. The lowest BCUT2D eigenvalue weighted by atomic mass is 10.1. The first-order valence-corrected chi connectivity index (χ1v) is 4.19. The molecule has 0 saturated heterocycles. The highest BCUT2D eigenvalue weighted by atomic mass is 16.1. The molecule has 3 rings (SSSR count). The van der Waals surface area contributed by atoms with Gasteiger partial charge in [-0.05, 0) is 11.6 Å². The average molecular weight is 169 g/mol. The van der Waals surface area contributed by atoms with Gasteiger partial charge in [-0.1, -0.05) is 24.3 Å². The van der Waals surface area contributed by atoms with Crippen molar-refractivity contribution in [1.29, 1.82) is 0 Å². The van der Waals surface area contributed by atoms with E-state index in [1.54, 1.807) is 6.20 Å². The molecule has 0 fully saturated rings. The molecule has 1 heterocycles. The number of H-pyrrole nitrogens is 1. The summed E-state index contributed by atoms with van der Waals surface area (Å²) in [6, 6.07) is 9.63. The first-order chi connectivity index (χ1) is 6.38. The number of benzene rings is 1. The summed E-state index contributed by atoms with van der Waals surface area (Å²) in [7, 11) is 0. The van der Waals surface area contributed by atoms with Crippen molar-refractivity contribution in [3.63, 3.8) is 0 Å². The van der Waals surface area contributed by atoms with E-state index in [4.69, 9.17) is 0 Å². The molecule has 1 aromatic carbocycles. The molecule has 0 spiro atoms. The summed E-state index contributed by atoms with van der Waals surface area (Å²) >= 11 is 0. The van der Waals surface area contributed by atoms with Crippen molar-refractivity contribution in [3.8, 4) is 11.1 Å². The highest BCUT2D eigenvalue weighted by molar-refractivity contribution is 6.20. The fraction of sp³-hybridized carbons (Fsp3) is 0. The Bertz CT molecular complexity index is 496. The zero-order valence-corrected chi connectivity index (χ0v) is 6.87. The Hall–Kier alpha value is -1.83. The third kappa shape index (κ3) is 0.699. The molecule has 0 unspecified atom stereocenters. The number of hydrogen-bond donors (Lipinski definition) is 1. The molecule has 0 bridgehead atoms. The molecule has 13 heavy (non-hydrogen) atoms. The second kappa shape index (κ2) is 2.10. The highest BCUT2D eigenvalue weighted by Gasteiger charge is 2.26. The summed E-state index contributed by atoms with van der Waals surface area (Å²) in [6.45, 7) is 0. The van der Waals surface area contributed by atoms with Crippen LogP contribution in [0.1, 0.15) is 16.1 Å². The van der Waals surface area contributed by atoms with Gasteiger partial charge in [-0.3, -0.25) is 4.79 Å². The van der Waals surface area contributed by atoms with Crippen molar-refractivity contribution in [1.82, 2.24) is 4.98 Å². The quantitative estimate of drug-likeness (QED) is 0.550. The van der Waals surface area contributed by atoms with Gasteiger partial charge in [0.1, 0.15) is 0 Å². The highest BCUT2D eigenvalue weighted by Crippen LogP contribution is 2.35. The molecule has 0 radical (unpaired) electrons. The van der Waals surface area contributed by atoms with Crippen LogP contribution in [0.3, 0.4) is 0 Å². The van der Waals surface area contributed by atoms with Crippen LogP contribution < -0.4 is 0 Å². The van der Waals surface area contributed by atoms with Crippen molar-refractivity contribution < 1.29 is 4.79 Å². The minimum atomic E-state index is 0.107. The summed E-state index contributed by atoms with van der Waals surface area (Å²) in [5.74, 6) is 0.107. The topological polar surface area (TPSA) is 32.9 Å². The van der Waals surface area contributed by atoms with Gasteiger partial charge in [0.2, 0.25) is 5.78 Å². The number of carbonyl (C=O) groups is 1. The van der Waals surface area contributed by atoms with Crippen LogP contribution >= 0.6 is 0 Å². The molecule has 1 aliphatic rings. The number of ketones is 1. The number of hydrogen-bond acceptors (Lipinski definition) is 1. The number of aromatic amines is 1. The zero-order chi connectivity index (χ0) is 8.84. The standard InChI is InChI=1S/C11H7NO/c13-11-9-4-2-1-3-7(9)8-5-6-12-10(8)11/h1-6,12H. The van der Waals surface area contributed by atoms with Crippen molar-refractivity contribution in [2.24, 2.45) is 0 Å². The molecular formula is C11H7NO. The van der Waals surface area contributed by atoms with E-state index in [-0.39, 0.29) is 5.78 Å². The van der Waals surface area contributed by atoms with Crippen LogP contribution in [-0.2, 0) is 0 Å². The molecule has 2 aromatic rings. The summed E-state index contributed by atoms with van der Waals surface area (Å²) < 4.78 is 0. The fourth-order valence-corrected chi connectivity index (χ4v) is 1.83. The lowest BCUT2D eigenvalue weighted by Gasteiger charge is -1.94. The van der Waals surface area contributed by atoms with Crippen molar-refractivity contribution >= 4 is 5.78 Å². The molecule has 2 heteroatoms. The molecule has 1 aromatic heterocycles. The summed E-state index contributed by atoms with van der Waals surface area (Å²) in [6.07, 6.45) is 1.80. The van der Waals surface area contributed by atoms with Gasteiger partial charge in [0.25, 0.3) is 0 Å². The number of fused-ring (bicyclic) bond motifs is 3. The minimum absolute atomic E-state index is 0.107. The van der Waals surface area contributed by atoms with Crippen molar-refractivity contribution in [3.05, 3.63) is 47.8 Å². The lowest BCUT2D eigenvalue weighted by molar-refractivity contribution is 0.103. The second-order valence-corrected chi connectivity index (χ2v) is 3.14. The summed E-state index contributed by atoms with van der Waals surface area (Å²) in [5.41, 5.74) is 3.61. The van der Waals surface area contributed by atoms with Crippen LogP contribution in [-0.4, -0.2) is 10.8 Å². The maximum absolute atomic E-state index is 11.7. The van der Waals surface area contributed by atoms with E-state index in [2.05, 4.69) is 4.98 Å². The van der Waals surface area contributed by atoms with Crippen LogP contribution in [0.4, 0.5) is 0 Å². The second-order valence-electron chi connectivity index (χ2n) is 3.14. The predicted octanol–water partition coefficient (Wildman–Crippen LogP) is 2.23. The van der Waals surface area contributed by atoms with Crippen molar-refractivity contribution in [2.45, 2.75) is 0 Å². The fourth-order valence-electron chi connectivity index (χ4n) is 1.83. The first-order valence-electron chi connectivity index (χ1n) is 4.19. The molecule has 0 saturated carbocycles. The Balaban J connectivity index is 2.43. The predicted molar refractivity (Wildman–Crippen MR) is 49.7 cm³/mol. The van der Waals surface area contributed by atoms with Gasteiger partial charge in [0.15, 0.2) is 0 Å². The number of nitrogens with one attached hydrogen (secondary N) is 1. The van der Waals surface area contributed by atoms with Gasteiger partial charge in [-0.2, -0.15) is 0 Å². The average Bonchev–Trinajstić information content (AvgIpc) is 2.72. The van der Waals surface area contributed by atoms with E-state index in [0.717, 1.165) is 22.4 Å². The van der Waals surface area contributed by atoms with E-state index >= 15 is 0 Å². The van der Waals surface area contributed by atoms with Gasteiger partial charge in [0.05, 0.1) is 5.69 Å². The smallest absolute Gasteiger partial charge is 0.210 e. The van der Waals surface area contributed by atoms with E-state index in [0.29, 0.717) is 0 Å². The van der Waals surface area contributed by atoms with Crippen LogP contribution in [0, 0.1) is 0 Å². The molecule has 62 valence electrons. The van der Waals surface area contributed by atoms with Gasteiger partial charge in [-0.15, -0.1) is 0 Å². The van der Waals surface area contributed by atoms with Gasteiger partial charge < -0.3 is 4.98 Å². The van der Waals surface area contributed by atoms with E-state index < -0.39 is 0 Å². The van der Waals surface area contributed by atoms with E-state index in [1.165, 1.54) is 0 Å². The SMILES string of the molecule is O=C1c2ccccc2-c2cc[nH]c21.